The number of ether oxygens (including phenoxy) is 3. The Balaban J connectivity index is 1.81. The number of hydrogen-bond acceptors (Lipinski definition) is 3. The first-order valence-corrected chi connectivity index (χ1v) is 7.70. The number of rotatable bonds is 12. The van der Waals surface area contributed by atoms with Crippen LogP contribution >= 0.6 is 0 Å². The Morgan fingerprint density at radius 1 is 0.900 bits per heavy atom. The molecule has 1 unspecified atom stereocenters. The zero-order valence-electron chi connectivity index (χ0n) is 12.8. The summed E-state index contributed by atoms with van der Waals surface area (Å²) in [6.07, 6.45) is 4.53. The lowest BCUT2D eigenvalue weighted by atomic mass is 10.3. The standard InChI is InChI=1S/C17H28O3/c1-3-16(2)19-14-8-7-12-18-13-9-15-20-17-10-5-4-6-11-17/h4-6,10-11,16H,3,7-9,12-15H2,1-2H3. The molecule has 1 aromatic carbocycles. The van der Waals surface area contributed by atoms with Gasteiger partial charge in [-0.2, -0.15) is 0 Å². The second kappa shape index (κ2) is 11.7. The van der Waals surface area contributed by atoms with Crippen molar-refractivity contribution in [3.63, 3.8) is 0 Å². The molecule has 1 aromatic rings. The Morgan fingerprint density at radius 3 is 2.35 bits per heavy atom. The minimum atomic E-state index is 0.381. The summed E-state index contributed by atoms with van der Waals surface area (Å²) in [5, 5.41) is 0. The van der Waals surface area contributed by atoms with E-state index in [4.69, 9.17) is 14.2 Å². The third-order valence-electron chi connectivity index (χ3n) is 3.11. The molecule has 0 spiro atoms. The molecule has 0 aliphatic heterocycles. The SMILES string of the molecule is CCC(C)OCCCCOCCCOc1ccccc1. The highest BCUT2D eigenvalue weighted by Crippen LogP contribution is 2.08. The van der Waals surface area contributed by atoms with Gasteiger partial charge in [-0.1, -0.05) is 25.1 Å². The van der Waals surface area contributed by atoms with Crippen LogP contribution in [0.5, 0.6) is 5.75 Å². The van der Waals surface area contributed by atoms with Crippen molar-refractivity contribution in [3.8, 4) is 5.75 Å². The van der Waals surface area contributed by atoms with Crippen LogP contribution in [0.2, 0.25) is 0 Å². The van der Waals surface area contributed by atoms with Crippen molar-refractivity contribution >= 4 is 0 Å². The van der Waals surface area contributed by atoms with Crippen LogP contribution in [0.25, 0.3) is 0 Å². The quantitative estimate of drug-likeness (QED) is 0.540. The second-order valence-electron chi connectivity index (χ2n) is 4.92. The van der Waals surface area contributed by atoms with Crippen molar-refractivity contribution in [3.05, 3.63) is 30.3 Å². The third-order valence-corrected chi connectivity index (χ3v) is 3.11. The maximum atomic E-state index is 5.61. The van der Waals surface area contributed by atoms with Gasteiger partial charge in [-0.05, 0) is 38.3 Å². The highest BCUT2D eigenvalue weighted by Gasteiger charge is 1.97. The first-order valence-electron chi connectivity index (χ1n) is 7.70. The zero-order chi connectivity index (χ0) is 14.5. The molecule has 0 radical (unpaired) electrons. The van der Waals surface area contributed by atoms with E-state index >= 15 is 0 Å². The Hall–Kier alpha value is -1.06. The van der Waals surface area contributed by atoms with E-state index in [1.54, 1.807) is 0 Å². The fourth-order valence-corrected chi connectivity index (χ4v) is 1.68. The largest absolute Gasteiger partial charge is 0.494 e. The average molecular weight is 280 g/mol. The van der Waals surface area contributed by atoms with E-state index in [0.717, 1.165) is 51.3 Å². The van der Waals surface area contributed by atoms with Gasteiger partial charge in [0.15, 0.2) is 0 Å². The topological polar surface area (TPSA) is 27.7 Å². The van der Waals surface area contributed by atoms with Gasteiger partial charge >= 0.3 is 0 Å². The molecule has 1 rings (SSSR count). The fraction of sp³-hybridized carbons (Fsp3) is 0.647. The lowest BCUT2D eigenvalue weighted by Gasteiger charge is -2.10. The maximum absolute atomic E-state index is 5.61. The molecule has 0 aromatic heterocycles. The summed E-state index contributed by atoms with van der Waals surface area (Å²) in [4.78, 5) is 0. The van der Waals surface area contributed by atoms with Gasteiger partial charge in [0.05, 0.1) is 12.7 Å². The molecule has 0 saturated carbocycles. The minimum absolute atomic E-state index is 0.381. The van der Waals surface area contributed by atoms with Gasteiger partial charge in [0.1, 0.15) is 5.75 Å². The van der Waals surface area contributed by atoms with Crippen molar-refractivity contribution in [1.82, 2.24) is 0 Å². The molecule has 0 aliphatic carbocycles. The van der Waals surface area contributed by atoms with Crippen LogP contribution in [0, 0.1) is 0 Å². The molecule has 0 fully saturated rings. The summed E-state index contributed by atoms with van der Waals surface area (Å²) in [6, 6.07) is 9.89. The molecule has 0 bridgehead atoms. The van der Waals surface area contributed by atoms with E-state index in [1.165, 1.54) is 0 Å². The smallest absolute Gasteiger partial charge is 0.119 e. The van der Waals surface area contributed by atoms with Gasteiger partial charge in [-0.3, -0.25) is 0 Å². The summed E-state index contributed by atoms with van der Waals surface area (Å²) in [5.74, 6) is 0.926. The van der Waals surface area contributed by atoms with Crippen LogP contribution < -0.4 is 4.74 Å². The van der Waals surface area contributed by atoms with E-state index in [2.05, 4.69) is 13.8 Å². The van der Waals surface area contributed by atoms with Crippen LogP contribution in [0.4, 0.5) is 0 Å². The summed E-state index contributed by atoms with van der Waals surface area (Å²) in [7, 11) is 0. The van der Waals surface area contributed by atoms with Gasteiger partial charge in [0, 0.05) is 26.2 Å². The molecular formula is C17H28O3. The van der Waals surface area contributed by atoms with E-state index in [0.29, 0.717) is 12.7 Å². The van der Waals surface area contributed by atoms with Gasteiger partial charge in [0.2, 0.25) is 0 Å². The predicted octanol–water partition coefficient (Wildman–Crippen LogP) is 4.07. The first kappa shape index (κ1) is 17.0. The van der Waals surface area contributed by atoms with Crippen molar-refractivity contribution in [2.45, 2.75) is 45.6 Å². The second-order valence-corrected chi connectivity index (χ2v) is 4.92. The molecule has 3 nitrogen and oxygen atoms in total. The summed E-state index contributed by atoms with van der Waals surface area (Å²) >= 11 is 0. The summed E-state index contributed by atoms with van der Waals surface area (Å²) in [5.41, 5.74) is 0. The van der Waals surface area contributed by atoms with Crippen molar-refractivity contribution in [2.24, 2.45) is 0 Å². The molecule has 0 saturated heterocycles. The number of benzene rings is 1. The number of unbranched alkanes of at least 4 members (excludes halogenated alkanes) is 1. The zero-order valence-corrected chi connectivity index (χ0v) is 12.8. The predicted molar refractivity (Wildman–Crippen MR) is 82.3 cm³/mol. The van der Waals surface area contributed by atoms with E-state index in [9.17, 15) is 0 Å². The normalized spacial score (nSPS) is 12.3. The van der Waals surface area contributed by atoms with Crippen molar-refractivity contribution < 1.29 is 14.2 Å². The van der Waals surface area contributed by atoms with Gasteiger partial charge in [-0.15, -0.1) is 0 Å². The van der Waals surface area contributed by atoms with Gasteiger partial charge in [-0.25, -0.2) is 0 Å². The lowest BCUT2D eigenvalue weighted by Crippen LogP contribution is -2.08. The van der Waals surface area contributed by atoms with Crippen LogP contribution in [-0.4, -0.2) is 32.5 Å². The number of hydrogen-bond donors (Lipinski definition) is 0. The van der Waals surface area contributed by atoms with E-state index in [-0.39, 0.29) is 0 Å². The highest BCUT2D eigenvalue weighted by molar-refractivity contribution is 5.20. The Bertz CT molecular complexity index is 313. The first-order chi connectivity index (χ1) is 9.83. The van der Waals surface area contributed by atoms with Crippen LogP contribution in [0.1, 0.15) is 39.5 Å². The molecule has 0 N–H and O–H groups in total. The monoisotopic (exact) mass is 280 g/mol. The Labute approximate surface area is 123 Å². The molecular weight excluding hydrogens is 252 g/mol. The van der Waals surface area contributed by atoms with Crippen LogP contribution in [0.3, 0.4) is 0 Å². The molecule has 20 heavy (non-hydrogen) atoms. The summed E-state index contributed by atoms with van der Waals surface area (Å²) < 4.78 is 16.8. The van der Waals surface area contributed by atoms with Gasteiger partial charge < -0.3 is 14.2 Å². The maximum Gasteiger partial charge on any atom is 0.119 e. The molecule has 0 aliphatic rings. The van der Waals surface area contributed by atoms with Crippen molar-refractivity contribution in [2.75, 3.05) is 26.4 Å². The molecule has 0 heterocycles. The lowest BCUT2D eigenvalue weighted by molar-refractivity contribution is 0.0530. The molecule has 1 atom stereocenters. The van der Waals surface area contributed by atoms with E-state index in [1.807, 2.05) is 30.3 Å². The van der Waals surface area contributed by atoms with Gasteiger partial charge in [0.25, 0.3) is 0 Å². The Morgan fingerprint density at radius 2 is 1.60 bits per heavy atom. The average Bonchev–Trinajstić information content (AvgIpc) is 2.50. The molecule has 0 amide bonds. The minimum Gasteiger partial charge on any atom is -0.494 e. The third kappa shape index (κ3) is 8.94. The molecule has 114 valence electrons. The van der Waals surface area contributed by atoms with Crippen LogP contribution in [-0.2, 0) is 9.47 Å². The molecule has 3 heteroatoms. The highest BCUT2D eigenvalue weighted by atomic mass is 16.5. The fourth-order valence-electron chi connectivity index (χ4n) is 1.68. The summed E-state index contributed by atoms with van der Waals surface area (Å²) in [6.45, 7) is 7.39. The van der Waals surface area contributed by atoms with Crippen LogP contribution in [0.15, 0.2) is 30.3 Å². The number of para-hydroxylation sites is 1. The van der Waals surface area contributed by atoms with E-state index < -0.39 is 0 Å². The van der Waals surface area contributed by atoms with Crippen molar-refractivity contribution in [1.29, 1.82) is 0 Å². The Kier molecular flexibility index (Phi) is 9.98.